The molecule has 0 saturated heterocycles. The molecule has 0 aromatic heterocycles. The van der Waals surface area contributed by atoms with E-state index in [4.69, 9.17) is 4.99 Å². The van der Waals surface area contributed by atoms with Crippen LogP contribution in [0.3, 0.4) is 0 Å². The predicted molar refractivity (Wildman–Crippen MR) is 112 cm³/mol. The van der Waals surface area contributed by atoms with E-state index in [1.807, 2.05) is 0 Å². The van der Waals surface area contributed by atoms with E-state index in [1.165, 1.54) is 89.2 Å². The Hall–Kier alpha value is -0.330. The van der Waals surface area contributed by atoms with Crippen LogP contribution < -0.4 is 0 Å². The van der Waals surface area contributed by atoms with Crippen molar-refractivity contribution in [1.82, 2.24) is 0 Å². The minimum Gasteiger partial charge on any atom is -0.288 e. The van der Waals surface area contributed by atoms with Crippen LogP contribution in [0, 0.1) is 5.92 Å². The van der Waals surface area contributed by atoms with Crippen LogP contribution in [0.15, 0.2) is 4.99 Å². The smallest absolute Gasteiger partial charge is 0.0579 e. The van der Waals surface area contributed by atoms with Gasteiger partial charge in [0.25, 0.3) is 0 Å². The van der Waals surface area contributed by atoms with E-state index in [-0.39, 0.29) is 5.54 Å². The second-order valence-electron chi connectivity index (χ2n) is 8.22. The molecule has 0 aliphatic heterocycles. The second-order valence-corrected chi connectivity index (χ2v) is 8.22. The molecule has 0 fully saturated rings. The first kappa shape index (κ1) is 23.7. The highest BCUT2D eigenvalue weighted by molar-refractivity contribution is 5.84. The largest absolute Gasteiger partial charge is 0.288 e. The van der Waals surface area contributed by atoms with Gasteiger partial charge in [-0.15, -0.1) is 0 Å². The maximum absolute atomic E-state index is 5.35. The summed E-state index contributed by atoms with van der Waals surface area (Å²) >= 11 is 0. The molecule has 1 nitrogen and oxygen atoms in total. The molecule has 2 atom stereocenters. The fourth-order valence-electron chi connectivity index (χ4n) is 3.48. The summed E-state index contributed by atoms with van der Waals surface area (Å²) in [7, 11) is 0. The van der Waals surface area contributed by atoms with E-state index in [9.17, 15) is 0 Å². The summed E-state index contributed by atoms with van der Waals surface area (Å²) < 4.78 is 0. The summed E-state index contributed by atoms with van der Waals surface area (Å²) in [6.07, 6.45) is 18.5. The van der Waals surface area contributed by atoms with Gasteiger partial charge in [0.2, 0.25) is 0 Å². The highest BCUT2D eigenvalue weighted by Gasteiger charge is 2.23. The average Bonchev–Trinajstić information content (AvgIpc) is 2.58. The molecule has 24 heavy (non-hydrogen) atoms. The molecule has 0 aliphatic carbocycles. The highest BCUT2D eigenvalue weighted by atomic mass is 14.9. The number of rotatable bonds is 16. The van der Waals surface area contributed by atoms with Crippen molar-refractivity contribution in [2.75, 3.05) is 0 Å². The van der Waals surface area contributed by atoms with Crippen LogP contribution in [-0.4, -0.2) is 11.3 Å². The van der Waals surface area contributed by atoms with Gasteiger partial charge in [0.15, 0.2) is 0 Å². The molecule has 0 N–H and O–H groups in total. The summed E-state index contributed by atoms with van der Waals surface area (Å²) in [5.41, 5.74) is 1.66. The zero-order valence-electron chi connectivity index (χ0n) is 17.9. The highest BCUT2D eigenvalue weighted by Crippen LogP contribution is 2.28. The molecule has 0 heterocycles. The fourth-order valence-corrected chi connectivity index (χ4v) is 3.48. The zero-order valence-corrected chi connectivity index (χ0v) is 17.9. The average molecular weight is 338 g/mol. The van der Waals surface area contributed by atoms with Crippen molar-refractivity contribution in [3.8, 4) is 0 Å². The maximum atomic E-state index is 5.35. The Morgan fingerprint density at radius 3 is 1.75 bits per heavy atom. The van der Waals surface area contributed by atoms with Crippen molar-refractivity contribution in [2.45, 2.75) is 137 Å². The molecule has 0 amide bonds. The van der Waals surface area contributed by atoms with Crippen LogP contribution in [0.1, 0.15) is 131 Å². The third-order valence-electron chi connectivity index (χ3n) is 5.50. The predicted octanol–water partition coefficient (Wildman–Crippen LogP) is 8.36. The fraction of sp³-hybridized carbons (Fsp3) is 0.957. The first-order valence-electron chi connectivity index (χ1n) is 11.1. The molecular formula is C23H47N. The number of hydrogen-bond acceptors (Lipinski definition) is 1. The van der Waals surface area contributed by atoms with Crippen LogP contribution in [0.25, 0.3) is 0 Å². The number of aliphatic imine (C=N–C) groups is 1. The van der Waals surface area contributed by atoms with Crippen LogP contribution in [-0.2, 0) is 0 Å². The molecule has 2 unspecified atom stereocenters. The minimum absolute atomic E-state index is 0.193. The lowest BCUT2D eigenvalue weighted by Gasteiger charge is -2.28. The lowest BCUT2D eigenvalue weighted by Crippen LogP contribution is -2.25. The van der Waals surface area contributed by atoms with Crippen LogP contribution in [0.2, 0.25) is 0 Å². The van der Waals surface area contributed by atoms with Crippen molar-refractivity contribution in [3.05, 3.63) is 0 Å². The van der Waals surface area contributed by atoms with E-state index < -0.39 is 0 Å². The van der Waals surface area contributed by atoms with Crippen LogP contribution in [0.4, 0.5) is 0 Å². The summed E-state index contributed by atoms with van der Waals surface area (Å²) in [5, 5.41) is 0. The molecule has 144 valence electrons. The first-order chi connectivity index (χ1) is 11.5. The third-order valence-corrected chi connectivity index (χ3v) is 5.50. The van der Waals surface area contributed by atoms with Gasteiger partial charge >= 0.3 is 0 Å². The summed E-state index contributed by atoms with van der Waals surface area (Å²) in [4.78, 5) is 5.35. The first-order valence-corrected chi connectivity index (χ1v) is 11.1. The van der Waals surface area contributed by atoms with Gasteiger partial charge < -0.3 is 0 Å². The lowest BCUT2D eigenvalue weighted by molar-refractivity contribution is 0.366. The summed E-state index contributed by atoms with van der Waals surface area (Å²) in [6, 6.07) is 0. The lowest BCUT2D eigenvalue weighted by atomic mass is 9.88. The third kappa shape index (κ3) is 12.1. The summed E-state index contributed by atoms with van der Waals surface area (Å²) in [6.45, 7) is 14.0. The standard InChI is InChI=1S/C23H47N/c1-7-11-13-15-17-19-23(6,18-16-14-12-8-2)24-22(10-4)20-21(5)9-3/h21H,7-20H2,1-6H3. The number of unbranched alkanes of at least 4 members (excludes halogenated alkanes) is 7. The van der Waals surface area contributed by atoms with E-state index >= 15 is 0 Å². The van der Waals surface area contributed by atoms with Gasteiger partial charge in [-0.1, -0.05) is 98.8 Å². The van der Waals surface area contributed by atoms with Crippen molar-refractivity contribution in [3.63, 3.8) is 0 Å². The molecule has 0 aliphatic rings. The molecule has 0 bridgehead atoms. The SMILES string of the molecule is CCCCCCCC(C)(CCCCCC)N=C(CC)CC(C)CC. The molecule has 0 radical (unpaired) electrons. The van der Waals surface area contributed by atoms with Crippen molar-refractivity contribution in [2.24, 2.45) is 10.9 Å². The van der Waals surface area contributed by atoms with Gasteiger partial charge in [-0.05, 0) is 38.5 Å². The van der Waals surface area contributed by atoms with Crippen molar-refractivity contribution in [1.29, 1.82) is 0 Å². The van der Waals surface area contributed by atoms with E-state index in [0.29, 0.717) is 0 Å². The van der Waals surface area contributed by atoms with Gasteiger partial charge in [-0.3, -0.25) is 4.99 Å². The molecule has 1 heteroatoms. The molecule has 0 aromatic rings. The van der Waals surface area contributed by atoms with Gasteiger partial charge in [0.05, 0.1) is 5.54 Å². The zero-order chi connectivity index (χ0) is 18.3. The van der Waals surface area contributed by atoms with Gasteiger partial charge in [-0.25, -0.2) is 0 Å². The quantitative estimate of drug-likeness (QED) is 0.198. The maximum Gasteiger partial charge on any atom is 0.0579 e. The molecule has 0 saturated carbocycles. The summed E-state index contributed by atoms with van der Waals surface area (Å²) in [5.74, 6) is 0.776. The Labute approximate surface area is 154 Å². The van der Waals surface area contributed by atoms with Crippen molar-refractivity contribution < 1.29 is 0 Å². The Kier molecular flexibility index (Phi) is 14.8. The molecule has 0 rings (SSSR count). The Balaban J connectivity index is 4.72. The second kappa shape index (κ2) is 15.0. The van der Waals surface area contributed by atoms with Crippen molar-refractivity contribution >= 4 is 5.71 Å². The Morgan fingerprint density at radius 2 is 1.29 bits per heavy atom. The van der Waals surface area contributed by atoms with E-state index in [1.54, 1.807) is 0 Å². The normalized spacial score (nSPS) is 16.2. The van der Waals surface area contributed by atoms with Gasteiger partial charge in [-0.2, -0.15) is 0 Å². The Bertz CT molecular complexity index is 307. The van der Waals surface area contributed by atoms with Gasteiger partial charge in [0.1, 0.15) is 0 Å². The monoisotopic (exact) mass is 337 g/mol. The van der Waals surface area contributed by atoms with Crippen LogP contribution in [0.5, 0.6) is 0 Å². The Morgan fingerprint density at radius 1 is 0.792 bits per heavy atom. The van der Waals surface area contributed by atoms with Crippen LogP contribution >= 0.6 is 0 Å². The number of nitrogens with zero attached hydrogens (tertiary/aromatic N) is 1. The molecule has 0 aromatic carbocycles. The molecular weight excluding hydrogens is 290 g/mol. The topological polar surface area (TPSA) is 12.4 Å². The molecule has 0 spiro atoms. The van der Waals surface area contributed by atoms with E-state index in [0.717, 1.165) is 12.3 Å². The van der Waals surface area contributed by atoms with Gasteiger partial charge in [0, 0.05) is 5.71 Å². The minimum atomic E-state index is 0.193. The van der Waals surface area contributed by atoms with E-state index in [2.05, 4.69) is 41.5 Å². The number of hydrogen-bond donors (Lipinski definition) is 0.